The minimum Gasteiger partial charge on any atom is -0.481 e. The van der Waals surface area contributed by atoms with Gasteiger partial charge in [0.1, 0.15) is 5.82 Å². The van der Waals surface area contributed by atoms with Crippen LogP contribution in [0.15, 0.2) is 28.9 Å². The number of carboxylic acids is 1. The van der Waals surface area contributed by atoms with Gasteiger partial charge in [-0.3, -0.25) is 4.79 Å². The molecule has 1 atom stereocenters. The minimum absolute atomic E-state index is 0.332. The summed E-state index contributed by atoms with van der Waals surface area (Å²) in [6.07, 6.45) is 3.37. The fourth-order valence-corrected chi connectivity index (χ4v) is 2.87. The van der Waals surface area contributed by atoms with E-state index in [9.17, 15) is 9.18 Å². The molecule has 0 bridgehead atoms. The average Bonchev–Trinajstić information content (AvgIpc) is 2.49. The highest BCUT2D eigenvalue weighted by Crippen LogP contribution is 2.27. The van der Waals surface area contributed by atoms with Crippen LogP contribution in [-0.2, 0) is 17.6 Å². The third-order valence-electron chi connectivity index (χ3n) is 3.68. The molecule has 1 aliphatic rings. The van der Waals surface area contributed by atoms with Crippen LogP contribution in [0.5, 0.6) is 0 Å². The largest absolute Gasteiger partial charge is 0.481 e. The zero-order chi connectivity index (χ0) is 15.0. The Bertz CT molecular complexity index is 721. The molecule has 1 aromatic carbocycles. The molecule has 0 amide bonds. The molecule has 1 aliphatic carbocycles. The van der Waals surface area contributed by atoms with Gasteiger partial charge in [-0.15, -0.1) is 0 Å². The Morgan fingerprint density at radius 2 is 2.24 bits per heavy atom. The molecule has 0 spiro atoms. The Morgan fingerprint density at radius 3 is 2.95 bits per heavy atom. The number of aliphatic carboxylic acids is 1. The van der Waals surface area contributed by atoms with Crippen LogP contribution in [-0.4, -0.2) is 21.0 Å². The van der Waals surface area contributed by atoms with E-state index in [0.717, 1.165) is 16.8 Å². The van der Waals surface area contributed by atoms with Gasteiger partial charge in [-0.05, 0) is 59.0 Å². The highest BCUT2D eigenvalue weighted by Gasteiger charge is 2.25. The molecule has 0 radical (unpaired) electrons. The van der Waals surface area contributed by atoms with Crippen LogP contribution in [0.1, 0.15) is 17.7 Å². The number of aryl methyl sites for hydroxylation is 1. The summed E-state index contributed by atoms with van der Waals surface area (Å²) < 4.78 is 13.6. The van der Waals surface area contributed by atoms with Crippen molar-refractivity contribution in [2.24, 2.45) is 5.92 Å². The molecule has 3 rings (SSSR count). The van der Waals surface area contributed by atoms with Crippen LogP contribution >= 0.6 is 15.9 Å². The van der Waals surface area contributed by atoms with Gasteiger partial charge >= 0.3 is 5.97 Å². The SMILES string of the molecule is O=C(O)C1CCc2nc(-c3ccc(F)c(Br)c3)ncc2C1. The topological polar surface area (TPSA) is 63.1 Å². The van der Waals surface area contributed by atoms with E-state index < -0.39 is 5.97 Å². The highest BCUT2D eigenvalue weighted by molar-refractivity contribution is 9.10. The van der Waals surface area contributed by atoms with Gasteiger partial charge in [0.2, 0.25) is 0 Å². The van der Waals surface area contributed by atoms with Crippen molar-refractivity contribution in [3.05, 3.63) is 45.9 Å². The minimum atomic E-state index is -0.771. The van der Waals surface area contributed by atoms with Gasteiger partial charge in [-0.25, -0.2) is 14.4 Å². The second kappa shape index (κ2) is 5.52. The Morgan fingerprint density at radius 1 is 1.43 bits per heavy atom. The molecular formula is C15H12BrFN2O2. The molecule has 2 aromatic rings. The number of fused-ring (bicyclic) bond motifs is 1. The van der Waals surface area contributed by atoms with E-state index in [2.05, 4.69) is 25.9 Å². The van der Waals surface area contributed by atoms with Crippen molar-refractivity contribution in [1.29, 1.82) is 0 Å². The van der Waals surface area contributed by atoms with Crippen LogP contribution in [0.4, 0.5) is 4.39 Å². The number of benzene rings is 1. The van der Waals surface area contributed by atoms with Crippen molar-refractivity contribution < 1.29 is 14.3 Å². The van der Waals surface area contributed by atoms with Crippen molar-refractivity contribution in [3.8, 4) is 11.4 Å². The fourth-order valence-electron chi connectivity index (χ4n) is 2.49. The maximum absolute atomic E-state index is 13.3. The summed E-state index contributed by atoms with van der Waals surface area (Å²) in [6.45, 7) is 0. The van der Waals surface area contributed by atoms with Gasteiger partial charge in [0.25, 0.3) is 0 Å². The van der Waals surface area contributed by atoms with Crippen molar-refractivity contribution in [2.75, 3.05) is 0 Å². The van der Waals surface area contributed by atoms with Gasteiger partial charge in [-0.2, -0.15) is 0 Å². The highest BCUT2D eigenvalue weighted by atomic mass is 79.9. The molecule has 4 nitrogen and oxygen atoms in total. The van der Waals surface area contributed by atoms with E-state index in [0.29, 0.717) is 29.6 Å². The van der Waals surface area contributed by atoms with Gasteiger partial charge in [0, 0.05) is 17.5 Å². The van der Waals surface area contributed by atoms with E-state index in [-0.39, 0.29) is 11.7 Å². The molecular weight excluding hydrogens is 339 g/mol. The van der Waals surface area contributed by atoms with Crippen molar-refractivity contribution in [3.63, 3.8) is 0 Å². The molecule has 21 heavy (non-hydrogen) atoms. The van der Waals surface area contributed by atoms with Crippen LogP contribution in [0, 0.1) is 11.7 Å². The van der Waals surface area contributed by atoms with E-state index in [4.69, 9.17) is 5.11 Å². The number of carboxylic acid groups (broad SMARTS) is 1. The second-order valence-corrected chi connectivity index (χ2v) is 5.93. The lowest BCUT2D eigenvalue weighted by Crippen LogP contribution is -2.23. The molecule has 0 saturated heterocycles. The summed E-state index contributed by atoms with van der Waals surface area (Å²) in [5, 5.41) is 9.07. The predicted octanol–water partition coefficient (Wildman–Crippen LogP) is 3.23. The molecule has 0 aliphatic heterocycles. The first kappa shape index (κ1) is 14.1. The van der Waals surface area contributed by atoms with Crippen LogP contribution in [0.2, 0.25) is 0 Å². The number of carbonyl (C=O) groups is 1. The lowest BCUT2D eigenvalue weighted by molar-refractivity contribution is -0.142. The standard InChI is InChI=1S/C15H12BrFN2O2/c16-11-6-8(1-3-12(11)17)14-18-7-10-5-9(15(20)21)2-4-13(10)19-14/h1,3,6-7,9H,2,4-5H2,(H,20,21). The van der Waals surface area contributed by atoms with Crippen LogP contribution in [0.25, 0.3) is 11.4 Å². The van der Waals surface area contributed by atoms with E-state index in [1.165, 1.54) is 6.07 Å². The Balaban J connectivity index is 1.93. The molecule has 6 heteroatoms. The first-order chi connectivity index (χ1) is 10.0. The molecule has 0 fully saturated rings. The van der Waals surface area contributed by atoms with Crippen molar-refractivity contribution in [2.45, 2.75) is 19.3 Å². The summed E-state index contributed by atoms with van der Waals surface area (Å²) >= 11 is 3.15. The zero-order valence-electron chi connectivity index (χ0n) is 11.0. The number of hydrogen-bond acceptors (Lipinski definition) is 3. The summed E-state index contributed by atoms with van der Waals surface area (Å²) in [5.74, 6) is -0.927. The van der Waals surface area contributed by atoms with Gasteiger partial charge in [0.05, 0.1) is 10.4 Å². The first-order valence-electron chi connectivity index (χ1n) is 6.57. The number of hydrogen-bond donors (Lipinski definition) is 1. The summed E-state index contributed by atoms with van der Waals surface area (Å²) in [4.78, 5) is 19.8. The lowest BCUT2D eigenvalue weighted by Gasteiger charge is -2.20. The molecule has 0 saturated carbocycles. The monoisotopic (exact) mass is 350 g/mol. The molecule has 1 unspecified atom stereocenters. The fraction of sp³-hybridized carbons (Fsp3) is 0.267. The molecule has 1 N–H and O–H groups in total. The Kier molecular flexibility index (Phi) is 3.71. The Labute approximate surface area is 129 Å². The molecule has 1 heterocycles. The Hall–Kier alpha value is -1.82. The van der Waals surface area contributed by atoms with E-state index >= 15 is 0 Å². The van der Waals surface area contributed by atoms with Crippen LogP contribution < -0.4 is 0 Å². The average molecular weight is 351 g/mol. The summed E-state index contributed by atoms with van der Waals surface area (Å²) in [6, 6.07) is 4.63. The smallest absolute Gasteiger partial charge is 0.306 e. The normalized spacial score (nSPS) is 17.3. The lowest BCUT2D eigenvalue weighted by atomic mass is 9.87. The number of halogens is 2. The maximum Gasteiger partial charge on any atom is 0.306 e. The van der Waals surface area contributed by atoms with Crippen molar-refractivity contribution in [1.82, 2.24) is 9.97 Å². The quantitative estimate of drug-likeness (QED) is 0.902. The zero-order valence-corrected chi connectivity index (χ0v) is 12.6. The maximum atomic E-state index is 13.3. The molecule has 108 valence electrons. The van der Waals surface area contributed by atoms with Gasteiger partial charge in [0.15, 0.2) is 5.82 Å². The van der Waals surface area contributed by atoms with E-state index in [1.807, 2.05) is 0 Å². The molecule has 1 aromatic heterocycles. The number of nitrogens with zero attached hydrogens (tertiary/aromatic N) is 2. The third kappa shape index (κ3) is 2.81. The first-order valence-corrected chi connectivity index (χ1v) is 7.37. The number of rotatable bonds is 2. The van der Waals surface area contributed by atoms with E-state index in [1.54, 1.807) is 18.3 Å². The van der Waals surface area contributed by atoms with Gasteiger partial charge < -0.3 is 5.11 Å². The van der Waals surface area contributed by atoms with Gasteiger partial charge in [-0.1, -0.05) is 0 Å². The predicted molar refractivity (Wildman–Crippen MR) is 78.3 cm³/mol. The third-order valence-corrected chi connectivity index (χ3v) is 4.28. The number of aromatic nitrogens is 2. The van der Waals surface area contributed by atoms with Crippen LogP contribution in [0.3, 0.4) is 0 Å². The summed E-state index contributed by atoms with van der Waals surface area (Å²) in [7, 11) is 0. The van der Waals surface area contributed by atoms with Crippen molar-refractivity contribution >= 4 is 21.9 Å². The summed E-state index contributed by atoms with van der Waals surface area (Å²) in [5.41, 5.74) is 2.50. The second-order valence-electron chi connectivity index (χ2n) is 5.07.